The lowest BCUT2D eigenvalue weighted by molar-refractivity contribution is 0.234. The van der Waals surface area contributed by atoms with Crippen LogP contribution in [-0.2, 0) is 0 Å². The summed E-state index contributed by atoms with van der Waals surface area (Å²) in [7, 11) is 0. The highest BCUT2D eigenvalue weighted by Gasteiger charge is 2.25. The molecular weight excluding hydrogens is 196 g/mol. The molecule has 2 unspecified atom stereocenters. The summed E-state index contributed by atoms with van der Waals surface area (Å²) in [6, 6.07) is 1.66. The van der Waals surface area contributed by atoms with Crippen LogP contribution in [0, 0.1) is 5.92 Å². The lowest BCUT2D eigenvalue weighted by Crippen LogP contribution is -2.34. The van der Waals surface area contributed by atoms with Crippen molar-refractivity contribution in [2.45, 2.75) is 64.5 Å². The summed E-state index contributed by atoms with van der Waals surface area (Å²) >= 11 is 0. The summed E-state index contributed by atoms with van der Waals surface area (Å²) < 4.78 is 0. The molecule has 0 aromatic heterocycles. The zero-order valence-corrected chi connectivity index (χ0v) is 11.0. The molecule has 1 saturated heterocycles. The Morgan fingerprint density at radius 1 is 1.31 bits per heavy atom. The topological polar surface area (TPSA) is 15.3 Å². The van der Waals surface area contributed by atoms with Gasteiger partial charge in [0.15, 0.2) is 0 Å². The number of nitrogens with one attached hydrogen (secondary N) is 1. The van der Waals surface area contributed by atoms with Crippen molar-refractivity contribution in [2.24, 2.45) is 5.92 Å². The first-order valence-electron chi connectivity index (χ1n) is 7.27. The lowest BCUT2D eigenvalue weighted by Gasteiger charge is -2.24. The molecule has 2 rings (SSSR count). The predicted octanol–water partition coefficient (Wildman–Crippen LogP) is 2.64. The summed E-state index contributed by atoms with van der Waals surface area (Å²) in [6.45, 7) is 8.64. The van der Waals surface area contributed by atoms with Crippen LogP contribution in [0.15, 0.2) is 0 Å². The largest absolute Gasteiger partial charge is 0.314 e. The number of hydrogen-bond donors (Lipinski definition) is 1. The molecule has 1 saturated carbocycles. The molecule has 0 radical (unpaired) electrons. The van der Waals surface area contributed by atoms with Crippen molar-refractivity contribution in [1.82, 2.24) is 10.2 Å². The molecule has 16 heavy (non-hydrogen) atoms. The van der Waals surface area contributed by atoms with Crippen molar-refractivity contribution in [1.29, 1.82) is 0 Å². The fourth-order valence-electron chi connectivity index (χ4n) is 2.87. The van der Waals surface area contributed by atoms with Gasteiger partial charge in [0.05, 0.1) is 0 Å². The number of rotatable bonds is 7. The van der Waals surface area contributed by atoms with Crippen molar-refractivity contribution in [2.75, 3.05) is 19.6 Å². The van der Waals surface area contributed by atoms with E-state index in [1.807, 2.05) is 0 Å². The van der Waals surface area contributed by atoms with Crippen LogP contribution >= 0.6 is 0 Å². The first kappa shape index (κ1) is 12.4. The smallest absolute Gasteiger partial charge is 0.00791 e. The average Bonchev–Trinajstić information content (AvgIpc) is 2.97. The molecule has 2 fully saturated rings. The fraction of sp³-hybridized carbons (Fsp3) is 1.00. The standard InChI is InChI=1S/C14H28N2/c1-3-4-13-8-10-16(11-13)12(2)7-9-15-14-5-6-14/h12-15H,3-11H2,1-2H3. The van der Waals surface area contributed by atoms with Crippen LogP contribution in [-0.4, -0.2) is 36.6 Å². The second kappa shape index (κ2) is 6.02. The molecule has 2 heteroatoms. The molecule has 0 amide bonds. The van der Waals surface area contributed by atoms with Gasteiger partial charge in [-0.2, -0.15) is 0 Å². The van der Waals surface area contributed by atoms with E-state index in [1.165, 1.54) is 58.2 Å². The van der Waals surface area contributed by atoms with Crippen LogP contribution < -0.4 is 5.32 Å². The molecule has 1 heterocycles. The highest BCUT2D eigenvalue weighted by molar-refractivity contribution is 4.83. The third-order valence-electron chi connectivity index (χ3n) is 4.21. The normalized spacial score (nSPS) is 28.5. The minimum absolute atomic E-state index is 0.785. The maximum Gasteiger partial charge on any atom is 0.00791 e. The molecular formula is C14H28N2. The maximum absolute atomic E-state index is 3.62. The van der Waals surface area contributed by atoms with Gasteiger partial charge >= 0.3 is 0 Å². The quantitative estimate of drug-likeness (QED) is 0.715. The van der Waals surface area contributed by atoms with Gasteiger partial charge in [0.25, 0.3) is 0 Å². The Balaban J connectivity index is 1.59. The minimum Gasteiger partial charge on any atom is -0.314 e. The molecule has 1 N–H and O–H groups in total. The summed E-state index contributed by atoms with van der Waals surface area (Å²) in [6.07, 6.45) is 8.39. The van der Waals surface area contributed by atoms with Crippen LogP contribution in [0.25, 0.3) is 0 Å². The molecule has 1 aliphatic heterocycles. The predicted molar refractivity (Wildman–Crippen MR) is 69.7 cm³/mol. The molecule has 0 spiro atoms. The van der Waals surface area contributed by atoms with Gasteiger partial charge < -0.3 is 10.2 Å². The van der Waals surface area contributed by atoms with Gasteiger partial charge in [0.1, 0.15) is 0 Å². The van der Waals surface area contributed by atoms with Crippen molar-refractivity contribution in [3.05, 3.63) is 0 Å². The van der Waals surface area contributed by atoms with Gasteiger partial charge in [-0.25, -0.2) is 0 Å². The Hall–Kier alpha value is -0.0800. The Morgan fingerprint density at radius 2 is 2.12 bits per heavy atom. The molecule has 0 aromatic carbocycles. The first-order valence-corrected chi connectivity index (χ1v) is 7.27. The Labute approximate surface area is 101 Å². The molecule has 2 aliphatic rings. The van der Waals surface area contributed by atoms with E-state index in [9.17, 15) is 0 Å². The summed E-state index contributed by atoms with van der Waals surface area (Å²) in [5.41, 5.74) is 0. The minimum atomic E-state index is 0.785. The third kappa shape index (κ3) is 3.74. The summed E-state index contributed by atoms with van der Waals surface area (Å²) in [5, 5.41) is 3.62. The van der Waals surface area contributed by atoms with E-state index in [-0.39, 0.29) is 0 Å². The van der Waals surface area contributed by atoms with Crippen LogP contribution in [0.5, 0.6) is 0 Å². The summed E-state index contributed by atoms with van der Waals surface area (Å²) in [4.78, 5) is 2.70. The van der Waals surface area contributed by atoms with Crippen molar-refractivity contribution in [3.63, 3.8) is 0 Å². The third-order valence-corrected chi connectivity index (χ3v) is 4.21. The van der Waals surface area contributed by atoms with E-state index >= 15 is 0 Å². The van der Waals surface area contributed by atoms with E-state index in [1.54, 1.807) is 0 Å². The molecule has 2 nitrogen and oxygen atoms in total. The highest BCUT2D eigenvalue weighted by Crippen LogP contribution is 2.23. The van der Waals surface area contributed by atoms with E-state index in [0.29, 0.717) is 0 Å². The number of nitrogens with zero attached hydrogens (tertiary/aromatic N) is 1. The molecule has 0 bridgehead atoms. The fourth-order valence-corrected chi connectivity index (χ4v) is 2.87. The molecule has 2 atom stereocenters. The van der Waals surface area contributed by atoms with E-state index in [2.05, 4.69) is 24.1 Å². The van der Waals surface area contributed by atoms with Gasteiger partial charge in [-0.3, -0.25) is 0 Å². The maximum atomic E-state index is 3.62. The SMILES string of the molecule is CCCC1CCN(C(C)CCNC2CC2)C1. The van der Waals surface area contributed by atoms with E-state index < -0.39 is 0 Å². The van der Waals surface area contributed by atoms with Crippen LogP contribution in [0.4, 0.5) is 0 Å². The van der Waals surface area contributed by atoms with Crippen LogP contribution in [0.2, 0.25) is 0 Å². The zero-order valence-electron chi connectivity index (χ0n) is 11.0. The van der Waals surface area contributed by atoms with E-state index in [4.69, 9.17) is 0 Å². The van der Waals surface area contributed by atoms with Gasteiger partial charge in [-0.05, 0) is 58.0 Å². The Morgan fingerprint density at radius 3 is 2.81 bits per heavy atom. The highest BCUT2D eigenvalue weighted by atomic mass is 15.2. The monoisotopic (exact) mass is 224 g/mol. The second-order valence-corrected chi connectivity index (χ2v) is 5.80. The van der Waals surface area contributed by atoms with Gasteiger partial charge in [0, 0.05) is 18.6 Å². The van der Waals surface area contributed by atoms with Gasteiger partial charge in [-0.15, -0.1) is 0 Å². The Bertz CT molecular complexity index is 201. The summed E-state index contributed by atoms with van der Waals surface area (Å²) in [5.74, 6) is 0.990. The van der Waals surface area contributed by atoms with Crippen LogP contribution in [0.3, 0.4) is 0 Å². The van der Waals surface area contributed by atoms with Crippen LogP contribution in [0.1, 0.15) is 52.4 Å². The second-order valence-electron chi connectivity index (χ2n) is 5.80. The van der Waals surface area contributed by atoms with Gasteiger partial charge in [0.2, 0.25) is 0 Å². The lowest BCUT2D eigenvalue weighted by atomic mass is 10.0. The molecule has 1 aliphatic carbocycles. The molecule has 94 valence electrons. The Kier molecular flexibility index (Phi) is 4.66. The number of hydrogen-bond acceptors (Lipinski definition) is 2. The first-order chi connectivity index (χ1) is 7.79. The van der Waals surface area contributed by atoms with Crippen molar-refractivity contribution >= 4 is 0 Å². The van der Waals surface area contributed by atoms with Crippen molar-refractivity contribution in [3.8, 4) is 0 Å². The number of likely N-dealkylation sites (tertiary alicyclic amines) is 1. The average molecular weight is 224 g/mol. The van der Waals surface area contributed by atoms with Crippen molar-refractivity contribution < 1.29 is 0 Å². The molecule has 0 aromatic rings. The van der Waals surface area contributed by atoms with E-state index in [0.717, 1.165) is 18.0 Å². The zero-order chi connectivity index (χ0) is 11.4. The van der Waals surface area contributed by atoms with Gasteiger partial charge in [-0.1, -0.05) is 13.3 Å².